The summed E-state index contributed by atoms with van der Waals surface area (Å²) in [5.74, 6) is -2.49. The molecule has 1 N–H and O–H groups in total. The van der Waals surface area contributed by atoms with Crippen LogP contribution in [0.4, 0.5) is 13.2 Å². The monoisotopic (exact) mass is 423 g/mol. The van der Waals surface area contributed by atoms with E-state index >= 15 is 0 Å². The van der Waals surface area contributed by atoms with E-state index in [1.165, 1.54) is 18.3 Å². The largest absolute Gasteiger partial charge is 0.453 e. The van der Waals surface area contributed by atoms with E-state index in [4.69, 9.17) is 4.74 Å². The number of nitrogens with one attached hydrogen (secondary N) is 1. The van der Waals surface area contributed by atoms with Crippen molar-refractivity contribution in [2.45, 2.75) is 12.4 Å². The second-order valence-corrected chi connectivity index (χ2v) is 8.56. The highest BCUT2D eigenvalue weighted by atomic mass is 32.2. The van der Waals surface area contributed by atoms with E-state index in [1.807, 2.05) is 0 Å². The van der Waals surface area contributed by atoms with E-state index in [0.717, 1.165) is 18.4 Å². The SMILES string of the molecule is CS(=O)(=O)Cc1cccc(-c2c[nH]c(=O)c(CF)c2)c1Oc1ccc(F)cc1F. The van der Waals surface area contributed by atoms with Crippen molar-refractivity contribution in [3.05, 3.63) is 81.8 Å². The Balaban J connectivity index is 2.20. The van der Waals surface area contributed by atoms with Crippen LogP contribution in [0.1, 0.15) is 11.1 Å². The van der Waals surface area contributed by atoms with E-state index in [-0.39, 0.29) is 22.6 Å². The van der Waals surface area contributed by atoms with Gasteiger partial charge in [-0.3, -0.25) is 4.79 Å². The molecule has 9 heteroatoms. The molecule has 0 aliphatic carbocycles. The fourth-order valence-electron chi connectivity index (χ4n) is 2.78. The van der Waals surface area contributed by atoms with Crippen LogP contribution < -0.4 is 10.3 Å². The van der Waals surface area contributed by atoms with Gasteiger partial charge < -0.3 is 9.72 Å². The van der Waals surface area contributed by atoms with Crippen LogP contribution in [-0.2, 0) is 22.3 Å². The Morgan fingerprint density at radius 2 is 1.83 bits per heavy atom. The number of para-hydroxylation sites is 1. The van der Waals surface area contributed by atoms with E-state index in [2.05, 4.69) is 4.98 Å². The smallest absolute Gasteiger partial charge is 0.253 e. The van der Waals surface area contributed by atoms with Gasteiger partial charge in [-0.2, -0.15) is 0 Å². The topological polar surface area (TPSA) is 76.2 Å². The number of aromatic amines is 1. The Kier molecular flexibility index (Phi) is 5.78. The molecule has 0 fully saturated rings. The molecule has 2 aromatic carbocycles. The van der Waals surface area contributed by atoms with Gasteiger partial charge in [-0.15, -0.1) is 0 Å². The average Bonchev–Trinajstić information content (AvgIpc) is 2.64. The minimum absolute atomic E-state index is 0.000269. The maximum Gasteiger partial charge on any atom is 0.253 e. The number of sulfone groups is 1. The first-order valence-electron chi connectivity index (χ1n) is 8.38. The van der Waals surface area contributed by atoms with Crippen LogP contribution in [0.2, 0.25) is 0 Å². The summed E-state index contributed by atoms with van der Waals surface area (Å²) in [7, 11) is -3.48. The van der Waals surface area contributed by atoms with Crippen LogP contribution >= 0.6 is 0 Å². The van der Waals surface area contributed by atoms with Crippen LogP contribution in [0, 0.1) is 11.6 Å². The third-order valence-electron chi connectivity index (χ3n) is 4.06. The molecule has 0 aliphatic rings. The molecule has 152 valence electrons. The fraction of sp³-hybridized carbons (Fsp3) is 0.150. The predicted molar refractivity (Wildman–Crippen MR) is 102 cm³/mol. The molecule has 0 saturated heterocycles. The lowest BCUT2D eigenvalue weighted by atomic mass is 10.0. The zero-order valence-corrected chi connectivity index (χ0v) is 16.0. The van der Waals surface area contributed by atoms with E-state index in [1.54, 1.807) is 12.1 Å². The molecule has 3 aromatic rings. The molecule has 0 spiro atoms. The van der Waals surface area contributed by atoms with Gasteiger partial charge in [0, 0.05) is 40.8 Å². The van der Waals surface area contributed by atoms with Crippen molar-refractivity contribution in [2.75, 3.05) is 6.26 Å². The predicted octanol–water partition coefficient (Wildman–Crippen LogP) is 4.13. The van der Waals surface area contributed by atoms with Gasteiger partial charge in [0.2, 0.25) is 0 Å². The molecular weight excluding hydrogens is 407 g/mol. The summed E-state index contributed by atoms with van der Waals surface area (Å²) in [6.07, 6.45) is 2.35. The number of hydrogen-bond acceptors (Lipinski definition) is 4. The lowest BCUT2D eigenvalue weighted by Crippen LogP contribution is -2.11. The van der Waals surface area contributed by atoms with Crippen molar-refractivity contribution >= 4 is 9.84 Å². The average molecular weight is 423 g/mol. The first kappa shape index (κ1) is 20.7. The highest BCUT2D eigenvalue weighted by Crippen LogP contribution is 2.38. The van der Waals surface area contributed by atoms with Crippen LogP contribution in [0.5, 0.6) is 11.5 Å². The van der Waals surface area contributed by atoms with E-state index < -0.39 is 39.5 Å². The number of alkyl halides is 1. The van der Waals surface area contributed by atoms with Crippen molar-refractivity contribution < 1.29 is 26.3 Å². The molecule has 1 aromatic heterocycles. The fourth-order valence-corrected chi connectivity index (χ4v) is 3.57. The maximum absolute atomic E-state index is 14.1. The number of halogens is 3. The second kappa shape index (κ2) is 8.12. The molecule has 0 bridgehead atoms. The third-order valence-corrected chi connectivity index (χ3v) is 4.89. The standard InChI is InChI=1S/C20H16F3NO4S/c1-29(26,27)11-12-3-2-4-16(14-7-13(9-21)20(25)24-10-14)19(12)28-18-6-5-15(22)8-17(18)23/h2-8,10H,9,11H2,1H3,(H,24,25). The molecule has 0 radical (unpaired) electrons. The molecule has 0 saturated carbocycles. The lowest BCUT2D eigenvalue weighted by molar-refractivity contribution is 0.436. The molecule has 0 amide bonds. The Morgan fingerprint density at radius 3 is 2.48 bits per heavy atom. The Morgan fingerprint density at radius 1 is 1.07 bits per heavy atom. The summed E-state index contributed by atoms with van der Waals surface area (Å²) in [6, 6.07) is 8.61. The number of ether oxygens (including phenoxy) is 1. The van der Waals surface area contributed by atoms with Gasteiger partial charge in [0.15, 0.2) is 21.4 Å². The molecule has 0 aliphatic heterocycles. The van der Waals surface area contributed by atoms with Crippen LogP contribution in [0.3, 0.4) is 0 Å². The summed E-state index contributed by atoms with van der Waals surface area (Å²) in [6.45, 7) is -1.00. The summed E-state index contributed by atoms with van der Waals surface area (Å²) >= 11 is 0. The number of pyridine rings is 1. The number of hydrogen-bond donors (Lipinski definition) is 1. The van der Waals surface area contributed by atoms with E-state index in [0.29, 0.717) is 17.2 Å². The second-order valence-electron chi connectivity index (χ2n) is 6.42. The summed E-state index contributed by atoms with van der Waals surface area (Å²) in [5, 5.41) is 0. The number of rotatable bonds is 6. The number of aromatic nitrogens is 1. The molecule has 0 atom stereocenters. The van der Waals surface area contributed by atoms with Gasteiger partial charge in [0.1, 0.15) is 18.2 Å². The zero-order valence-electron chi connectivity index (χ0n) is 15.2. The minimum atomic E-state index is -3.48. The highest BCUT2D eigenvalue weighted by molar-refractivity contribution is 7.89. The normalized spacial score (nSPS) is 11.4. The molecule has 0 unspecified atom stereocenters. The number of benzene rings is 2. The quantitative estimate of drug-likeness (QED) is 0.647. The lowest BCUT2D eigenvalue weighted by Gasteiger charge is -2.16. The van der Waals surface area contributed by atoms with Gasteiger partial charge in [-0.05, 0) is 18.2 Å². The minimum Gasteiger partial charge on any atom is -0.453 e. The third kappa shape index (κ3) is 4.86. The first-order chi connectivity index (χ1) is 13.7. The summed E-state index contributed by atoms with van der Waals surface area (Å²) < 4.78 is 69.8. The van der Waals surface area contributed by atoms with Crippen molar-refractivity contribution in [1.82, 2.24) is 4.98 Å². The highest BCUT2D eigenvalue weighted by Gasteiger charge is 2.19. The van der Waals surface area contributed by atoms with Gasteiger partial charge in [-0.25, -0.2) is 21.6 Å². The summed E-state index contributed by atoms with van der Waals surface area (Å²) in [5.41, 5.74) is 0.137. The first-order valence-corrected chi connectivity index (χ1v) is 10.4. The molecule has 3 rings (SSSR count). The van der Waals surface area contributed by atoms with Crippen molar-refractivity contribution in [3.8, 4) is 22.6 Å². The van der Waals surface area contributed by atoms with Gasteiger partial charge in [-0.1, -0.05) is 18.2 Å². The molecule has 29 heavy (non-hydrogen) atoms. The van der Waals surface area contributed by atoms with Crippen LogP contribution in [0.25, 0.3) is 11.1 Å². The summed E-state index contributed by atoms with van der Waals surface area (Å²) in [4.78, 5) is 14.1. The van der Waals surface area contributed by atoms with Crippen LogP contribution in [-0.4, -0.2) is 19.7 Å². The molecule has 1 heterocycles. The van der Waals surface area contributed by atoms with Gasteiger partial charge in [0.05, 0.1) is 5.75 Å². The molecule has 5 nitrogen and oxygen atoms in total. The van der Waals surface area contributed by atoms with Crippen molar-refractivity contribution in [3.63, 3.8) is 0 Å². The van der Waals surface area contributed by atoms with Gasteiger partial charge in [0.25, 0.3) is 5.56 Å². The van der Waals surface area contributed by atoms with E-state index in [9.17, 15) is 26.4 Å². The Labute approximate surface area is 164 Å². The van der Waals surface area contributed by atoms with Gasteiger partial charge >= 0.3 is 0 Å². The zero-order chi connectivity index (χ0) is 21.2. The molecular formula is C20H16F3NO4S. The maximum atomic E-state index is 14.1. The number of H-pyrrole nitrogens is 1. The van der Waals surface area contributed by atoms with Crippen LogP contribution in [0.15, 0.2) is 53.5 Å². The Bertz CT molecular complexity index is 1220. The van der Waals surface area contributed by atoms with Crippen molar-refractivity contribution in [1.29, 1.82) is 0 Å². The Hall–Kier alpha value is -3.07. The van der Waals surface area contributed by atoms with Crippen molar-refractivity contribution in [2.24, 2.45) is 0 Å².